The summed E-state index contributed by atoms with van der Waals surface area (Å²) < 4.78 is 7.96. The number of rotatable bonds is 10. The van der Waals surface area contributed by atoms with Crippen molar-refractivity contribution in [3.05, 3.63) is 63.9 Å². The molecule has 0 saturated heterocycles. The van der Waals surface area contributed by atoms with Crippen LogP contribution in [0.4, 0.5) is 5.82 Å². The number of fused-ring (bicyclic) bond motifs is 1. The molecule has 5 rings (SSSR count). The van der Waals surface area contributed by atoms with Crippen molar-refractivity contribution in [2.24, 2.45) is 5.92 Å². The van der Waals surface area contributed by atoms with Gasteiger partial charge in [-0.3, -0.25) is 0 Å². The van der Waals surface area contributed by atoms with Gasteiger partial charge in [0.25, 0.3) is 0 Å². The molecular weight excluding hydrogens is 485 g/mol. The number of nitrogens with one attached hydrogen (secondary N) is 1. The summed E-state index contributed by atoms with van der Waals surface area (Å²) in [6.07, 6.45) is 3.69. The molecule has 1 aliphatic carbocycles. The third-order valence-electron chi connectivity index (χ3n) is 6.10. The Morgan fingerprint density at radius 1 is 1.09 bits per heavy atom. The van der Waals surface area contributed by atoms with Gasteiger partial charge in [0.15, 0.2) is 11.5 Å². The predicted molar refractivity (Wildman–Crippen MR) is 139 cm³/mol. The van der Waals surface area contributed by atoms with Crippen LogP contribution < -0.4 is 10.1 Å². The summed E-state index contributed by atoms with van der Waals surface area (Å²) in [5, 5.41) is 13.6. The monoisotopic (exact) mass is 511 g/mol. The summed E-state index contributed by atoms with van der Waals surface area (Å²) in [4.78, 5) is 13.9. The quantitative estimate of drug-likeness (QED) is 0.264. The van der Waals surface area contributed by atoms with Crippen molar-refractivity contribution in [2.75, 3.05) is 25.1 Å². The van der Waals surface area contributed by atoms with Gasteiger partial charge in [0.1, 0.15) is 23.7 Å². The smallest absolute Gasteiger partial charge is 0.226 e. The van der Waals surface area contributed by atoms with Crippen molar-refractivity contribution in [1.29, 1.82) is 0 Å². The topological polar surface area (TPSA) is 85.1 Å². The molecule has 0 radical (unpaired) electrons. The minimum atomic E-state index is -0.0787. The maximum atomic E-state index is 9.32. The molecule has 1 fully saturated rings. The summed E-state index contributed by atoms with van der Waals surface area (Å²) in [6.45, 7) is 3.47. The molecule has 1 saturated carbocycles. The van der Waals surface area contributed by atoms with Crippen LogP contribution in [-0.2, 0) is 6.54 Å². The van der Waals surface area contributed by atoms with Gasteiger partial charge in [-0.2, -0.15) is 9.97 Å². The first kappa shape index (κ1) is 23.9. The molecule has 182 valence electrons. The molecule has 0 amide bonds. The lowest BCUT2D eigenvalue weighted by Crippen LogP contribution is -2.10. The van der Waals surface area contributed by atoms with Crippen molar-refractivity contribution < 1.29 is 9.84 Å². The highest BCUT2D eigenvalue weighted by Gasteiger charge is 2.23. The Balaban J connectivity index is 1.66. The van der Waals surface area contributed by atoms with E-state index in [0.29, 0.717) is 34.6 Å². The van der Waals surface area contributed by atoms with Crippen LogP contribution in [-0.4, -0.2) is 44.4 Å². The minimum absolute atomic E-state index is 0.0787. The predicted octanol–water partition coefficient (Wildman–Crippen LogP) is 5.74. The zero-order valence-electron chi connectivity index (χ0n) is 19.5. The fourth-order valence-electron chi connectivity index (χ4n) is 4.17. The second-order valence-electron chi connectivity index (χ2n) is 8.89. The van der Waals surface area contributed by atoms with Gasteiger partial charge in [-0.25, -0.2) is 4.98 Å². The number of imidazole rings is 1. The van der Waals surface area contributed by atoms with Crippen LogP contribution in [0.2, 0.25) is 10.3 Å². The number of aliphatic hydroxyl groups excluding tert-OH is 1. The molecule has 0 bridgehead atoms. The molecule has 1 aliphatic rings. The average molecular weight is 512 g/mol. The van der Waals surface area contributed by atoms with E-state index in [1.165, 1.54) is 12.8 Å². The van der Waals surface area contributed by atoms with Gasteiger partial charge in [0.2, 0.25) is 5.28 Å². The largest absolute Gasteiger partial charge is 0.490 e. The van der Waals surface area contributed by atoms with E-state index in [1.807, 2.05) is 49.4 Å². The summed E-state index contributed by atoms with van der Waals surface area (Å²) in [7, 11) is 0. The molecule has 35 heavy (non-hydrogen) atoms. The second-order valence-corrected chi connectivity index (χ2v) is 9.67. The van der Waals surface area contributed by atoms with E-state index in [2.05, 4.69) is 19.9 Å². The molecule has 9 heteroatoms. The summed E-state index contributed by atoms with van der Waals surface area (Å²) >= 11 is 12.4. The molecule has 0 aliphatic heterocycles. The number of benzene rings is 2. The van der Waals surface area contributed by atoms with Crippen LogP contribution >= 0.6 is 23.2 Å². The molecule has 2 heterocycles. The number of anilines is 1. The van der Waals surface area contributed by atoms with Gasteiger partial charge < -0.3 is 19.7 Å². The van der Waals surface area contributed by atoms with Gasteiger partial charge in [-0.05, 0) is 60.7 Å². The molecule has 4 aromatic rings. The zero-order chi connectivity index (χ0) is 24.4. The van der Waals surface area contributed by atoms with Crippen LogP contribution in [0.25, 0.3) is 22.6 Å². The number of halogens is 2. The maximum Gasteiger partial charge on any atom is 0.226 e. The normalized spacial score (nSPS) is 13.4. The molecule has 7 nitrogen and oxygen atoms in total. The molecule has 2 aromatic heterocycles. The van der Waals surface area contributed by atoms with Gasteiger partial charge >= 0.3 is 0 Å². The van der Waals surface area contributed by atoms with E-state index in [1.54, 1.807) is 0 Å². The lowest BCUT2D eigenvalue weighted by molar-refractivity contribution is 0.202. The van der Waals surface area contributed by atoms with Crippen LogP contribution in [0, 0.1) is 12.8 Å². The van der Waals surface area contributed by atoms with E-state index >= 15 is 0 Å². The molecule has 0 atom stereocenters. The first-order valence-corrected chi connectivity index (χ1v) is 12.5. The van der Waals surface area contributed by atoms with E-state index in [0.717, 1.165) is 41.1 Å². The fourth-order valence-corrected chi connectivity index (χ4v) is 4.46. The van der Waals surface area contributed by atoms with Crippen LogP contribution in [0.3, 0.4) is 0 Å². The first-order chi connectivity index (χ1) is 17.0. The van der Waals surface area contributed by atoms with Crippen molar-refractivity contribution in [3.8, 4) is 17.1 Å². The maximum absolute atomic E-state index is 9.32. The number of hydrogen-bond donors (Lipinski definition) is 2. The number of hydrogen-bond acceptors (Lipinski definition) is 6. The second kappa shape index (κ2) is 10.4. The van der Waals surface area contributed by atoms with E-state index < -0.39 is 0 Å². The first-order valence-electron chi connectivity index (χ1n) is 11.8. The van der Waals surface area contributed by atoms with Crippen LogP contribution in [0.15, 0.2) is 42.5 Å². The highest BCUT2D eigenvalue weighted by molar-refractivity contribution is 6.30. The highest BCUT2D eigenvalue weighted by atomic mass is 35.5. The molecule has 2 aromatic carbocycles. The summed E-state index contributed by atoms with van der Waals surface area (Å²) in [5.41, 5.74) is 4.22. The number of aromatic nitrogens is 4. The summed E-state index contributed by atoms with van der Waals surface area (Å²) in [5.74, 6) is 2.79. The third kappa shape index (κ3) is 5.53. The van der Waals surface area contributed by atoms with Gasteiger partial charge in [-0.1, -0.05) is 48.2 Å². The van der Waals surface area contributed by atoms with E-state index in [-0.39, 0.29) is 18.5 Å². The Morgan fingerprint density at radius 2 is 1.89 bits per heavy atom. The highest BCUT2D eigenvalue weighted by Crippen LogP contribution is 2.36. The van der Waals surface area contributed by atoms with E-state index in [9.17, 15) is 5.11 Å². The Kier molecular flexibility index (Phi) is 7.09. The number of aliphatic hydroxyl groups is 1. The van der Waals surface area contributed by atoms with Crippen molar-refractivity contribution in [1.82, 2.24) is 19.5 Å². The van der Waals surface area contributed by atoms with Gasteiger partial charge in [0, 0.05) is 18.1 Å². The van der Waals surface area contributed by atoms with Crippen molar-refractivity contribution in [3.63, 3.8) is 0 Å². The third-order valence-corrected chi connectivity index (χ3v) is 6.52. The van der Waals surface area contributed by atoms with Crippen molar-refractivity contribution in [2.45, 2.75) is 32.7 Å². The Labute approximate surface area is 214 Å². The molecule has 0 unspecified atom stereocenters. The summed E-state index contributed by atoms with van der Waals surface area (Å²) in [6, 6.07) is 13.6. The van der Waals surface area contributed by atoms with Crippen molar-refractivity contribution >= 4 is 40.2 Å². The standard InChI is InChI=1S/C26H27Cl2N5O2/c1-16-2-9-21(35-13-12-34)20(14-16)25-30-24-22(33(25)15-18-5-7-19(27)8-6-18)23(31-26(28)32-24)29-11-10-17-3-4-17/h2,5-9,14,17,34H,3-4,10-13,15H2,1H3,(H,29,31,32). The average Bonchev–Trinajstić information content (AvgIpc) is 3.60. The van der Waals surface area contributed by atoms with Crippen LogP contribution in [0.5, 0.6) is 5.75 Å². The number of ether oxygens (including phenoxy) is 1. The molecule has 0 spiro atoms. The lowest BCUT2D eigenvalue weighted by Gasteiger charge is -2.15. The minimum Gasteiger partial charge on any atom is -0.490 e. The zero-order valence-corrected chi connectivity index (χ0v) is 21.0. The lowest BCUT2D eigenvalue weighted by atomic mass is 10.1. The fraction of sp³-hybridized carbons (Fsp3) is 0.346. The van der Waals surface area contributed by atoms with Gasteiger partial charge in [0.05, 0.1) is 12.2 Å². The molecular formula is C26H27Cl2N5O2. The SMILES string of the molecule is Cc1ccc(OCCO)c(-c2nc3nc(Cl)nc(NCCC4CC4)c3n2Cc2ccc(Cl)cc2)c1. The van der Waals surface area contributed by atoms with Crippen LogP contribution in [0.1, 0.15) is 30.4 Å². The molecule has 2 N–H and O–H groups in total. The number of aryl methyl sites for hydroxylation is 1. The number of nitrogens with zero attached hydrogens (tertiary/aromatic N) is 4. The Hall–Kier alpha value is -2.87. The Bertz CT molecular complexity index is 1340. The Morgan fingerprint density at radius 3 is 2.63 bits per heavy atom. The van der Waals surface area contributed by atoms with Gasteiger partial charge in [-0.15, -0.1) is 0 Å². The van der Waals surface area contributed by atoms with E-state index in [4.69, 9.17) is 32.9 Å².